The highest BCUT2D eigenvalue weighted by Gasteiger charge is 2.52. The molecule has 0 heterocycles. The molecule has 100 valence electrons. The molecule has 1 nitrogen and oxygen atoms in total. The molecule has 2 rings (SSSR count). The van der Waals surface area contributed by atoms with Crippen LogP contribution < -0.4 is 0 Å². The average molecular weight is 238 g/mol. The fourth-order valence-corrected chi connectivity index (χ4v) is 4.68. The van der Waals surface area contributed by atoms with E-state index in [9.17, 15) is 5.11 Å². The van der Waals surface area contributed by atoms with E-state index >= 15 is 0 Å². The van der Waals surface area contributed by atoms with Gasteiger partial charge in [-0.05, 0) is 48.9 Å². The zero-order valence-electron chi connectivity index (χ0n) is 12.1. The second kappa shape index (κ2) is 4.57. The minimum absolute atomic E-state index is 0.341. The number of hydrogen-bond acceptors (Lipinski definition) is 1. The van der Waals surface area contributed by atoms with Crippen LogP contribution in [-0.2, 0) is 0 Å². The standard InChI is InChI=1S/C16H30O/c1-5-13-7-6-8-14(9-13)16(17)11-15(3,4)10-12(16)2/h12-14,17H,5-11H2,1-4H3. The fourth-order valence-electron chi connectivity index (χ4n) is 4.68. The maximum absolute atomic E-state index is 11.1. The predicted octanol–water partition coefficient (Wildman–Crippen LogP) is 4.39. The lowest BCUT2D eigenvalue weighted by Crippen LogP contribution is -2.43. The minimum atomic E-state index is -0.364. The number of hydrogen-bond donors (Lipinski definition) is 1. The first-order chi connectivity index (χ1) is 7.87. The normalized spacial score (nSPS) is 46.1. The Morgan fingerprint density at radius 3 is 2.47 bits per heavy atom. The van der Waals surface area contributed by atoms with Gasteiger partial charge in [0.25, 0.3) is 0 Å². The molecule has 1 heteroatoms. The van der Waals surface area contributed by atoms with Crippen LogP contribution in [0.2, 0.25) is 0 Å². The van der Waals surface area contributed by atoms with Crippen LogP contribution in [0.25, 0.3) is 0 Å². The predicted molar refractivity (Wildman–Crippen MR) is 72.9 cm³/mol. The summed E-state index contributed by atoms with van der Waals surface area (Å²) in [5.74, 6) is 1.92. The molecular weight excluding hydrogens is 208 g/mol. The van der Waals surface area contributed by atoms with Crippen molar-refractivity contribution in [1.82, 2.24) is 0 Å². The van der Waals surface area contributed by atoms with E-state index in [-0.39, 0.29) is 5.60 Å². The Hall–Kier alpha value is -0.0400. The van der Waals surface area contributed by atoms with Gasteiger partial charge in [0.1, 0.15) is 0 Å². The molecule has 2 fully saturated rings. The van der Waals surface area contributed by atoms with E-state index in [0.29, 0.717) is 17.3 Å². The van der Waals surface area contributed by atoms with E-state index < -0.39 is 0 Å². The van der Waals surface area contributed by atoms with Gasteiger partial charge in [0, 0.05) is 0 Å². The monoisotopic (exact) mass is 238 g/mol. The molecule has 2 aliphatic rings. The van der Waals surface area contributed by atoms with Gasteiger partial charge in [-0.3, -0.25) is 0 Å². The molecule has 1 N–H and O–H groups in total. The summed E-state index contributed by atoms with van der Waals surface area (Å²) in [4.78, 5) is 0. The smallest absolute Gasteiger partial charge is 0.0706 e. The largest absolute Gasteiger partial charge is 0.389 e. The molecular formula is C16H30O. The number of rotatable bonds is 2. The van der Waals surface area contributed by atoms with Gasteiger partial charge < -0.3 is 5.11 Å². The first-order valence-corrected chi connectivity index (χ1v) is 7.60. The summed E-state index contributed by atoms with van der Waals surface area (Å²) >= 11 is 0. The second-order valence-corrected chi connectivity index (χ2v) is 7.58. The third-order valence-electron chi connectivity index (χ3n) is 5.54. The van der Waals surface area contributed by atoms with Crippen molar-refractivity contribution in [3.8, 4) is 0 Å². The second-order valence-electron chi connectivity index (χ2n) is 7.58. The van der Waals surface area contributed by atoms with Gasteiger partial charge in [0.05, 0.1) is 5.60 Å². The molecule has 0 radical (unpaired) electrons. The van der Waals surface area contributed by atoms with Gasteiger partial charge >= 0.3 is 0 Å². The van der Waals surface area contributed by atoms with Crippen molar-refractivity contribution in [2.24, 2.45) is 23.2 Å². The van der Waals surface area contributed by atoms with Crippen molar-refractivity contribution >= 4 is 0 Å². The molecule has 0 aromatic carbocycles. The van der Waals surface area contributed by atoms with Crippen LogP contribution >= 0.6 is 0 Å². The van der Waals surface area contributed by atoms with Crippen molar-refractivity contribution in [2.45, 2.75) is 78.2 Å². The molecule has 0 aliphatic heterocycles. The van der Waals surface area contributed by atoms with Gasteiger partial charge in [-0.2, -0.15) is 0 Å². The molecule has 2 aliphatic carbocycles. The quantitative estimate of drug-likeness (QED) is 0.756. The Bertz CT molecular complexity index is 271. The summed E-state index contributed by atoms with van der Waals surface area (Å²) in [6, 6.07) is 0. The van der Waals surface area contributed by atoms with Crippen molar-refractivity contribution in [3.05, 3.63) is 0 Å². The number of aliphatic hydroxyl groups is 1. The molecule has 0 bridgehead atoms. The van der Waals surface area contributed by atoms with E-state index in [0.717, 1.165) is 12.3 Å². The molecule has 0 spiro atoms. The Balaban J connectivity index is 2.10. The molecule has 0 amide bonds. The zero-order valence-corrected chi connectivity index (χ0v) is 12.1. The Morgan fingerprint density at radius 1 is 1.24 bits per heavy atom. The highest BCUT2D eigenvalue weighted by Crippen LogP contribution is 2.54. The topological polar surface area (TPSA) is 20.2 Å². The van der Waals surface area contributed by atoms with Crippen LogP contribution in [0.1, 0.15) is 72.6 Å². The van der Waals surface area contributed by atoms with Crippen LogP contribution in [0, 0.1) is 23.2 Å². The lowest BCUT2D eigenvalue weighted by molar-refractivity contribution is -0.0701. The van der Waals surface area contributed by atoms with E-state index in [1.165, 1.54) is 38.5 Å². The van der Waals surface area contributed by atoms with Gasteiger partial charge in [-0.15, -0.1) is 0 Å². The Kier molecular flexibility index (Phi) is 3.60. The summed E-state index contributed by atoms with van der Waals surface area (Å²) in [5.41, 5.74) is -0.0231. The van der Waals surface area contributed by atoms with E-state index in [4.69, 9.17) is 0 Å². The van der Waals surface area contributed by atoms with Gasteiger partial charge in [0.15, 0.2) is 0 Å². The van der Waals surface area contributed by atoms with Gasteiger partial charge in [-0.1, -0.05) is 47.0 Å². The highest BCUT2D eigenvalue weighted by atomic mass is 16.3. The van der Waals surface area contributed by atoms with Crippen LogP contribution in [-0.4, -0.2) is 10.7 Å². The lowest BCUT2D eigenvalue weighted by atomic mass is 9.68. The summed E-state index contributed by atoms with van der Waals surface area (Å²) in [5, 5.41) is 11.1. The van der Waals surface area contributed by atoms with Gasteiger partial charge in [-0.25, -0.2) is 0 Å². The van der Waals surface area contributed by atoms with Crippen molar-refractivity contribution in [2.75, 3.05) is 0 Å². The maximum Gasteiger partial charge on any atom is 0.0706 e. The lowest BCUT2D eigenvalue weighted by Gasteiger charge is -2.41. The SMILES string of the molecule is CCC1CCCC(C2(O)CC(C)(C)CC2C)C1. The summed E-state index contributed by atoms with van der Waals surface area (Å²) in [7, 11) is 0. The first kappa shape index (κ1) is 13.4. The van der Waals surface area contributed by atoms with E-state index in [1.807, 2.05) is 0 Å². The maximum atomic E-state index is 11.1. The summed E-state index contributed by atoms with van der Waals surface area (Å²) in [6.07, 6.45) is 8.75. The van der Waals surface area contributed by atoms with Crippen molar-refractivity contribution < 1.29 is 5.11 Å². The zero-order chi connectivity index (χ0) is 12.7. The first-order valence-electron chi connectivity index (χ1n) is 7.60. The molecule has 17 heavy (non-hydrogen) atoms. The molecule has 0 saturated heterocycles. The minimum Gasteiger partial charge on any atom is -0.389 e. The van der Waals surface area contributed by atoms with Gasteiger partial charge in [0.2, 0.25) is 0 Å². The Labute approximate surface area is 107 Å². The van der Waals surface area contributed by atoms with Crippen LogP contribution in [0.4, 0.5) is 0 Å². The summed E-state index contributed by atoms with van der Waals surface area (Å²) in [6.45, 7) is 9.21. The Morgan fingerprint density at radius 2 is 1.94 bits per heavy atom. The third kappa shape index (κ3) is 2.54. The fraction of sp³-hybridized carbons (Fsp3) is 1.00. The molecule has 4 atom stereocenters. The van der Waals surface area contributed by atoms with Crippen LogP contribution in [0.5, 0.6) is 0 Å². The molecule has 4 unspecified atom stereocenters. The third-order valence-corrected chi connectivity index (χ3v) is 5.54. The van der Waals surface area contributed by atoms with Crippen molar-refractivity contribution in [3.63, 3.8) is 0 Å². The van der Waals surface area contributed by atoms with E-state index in [2.05, 4.69) is 27.7 Å². The summed E-state index contributed by atoms with van der Waals surface area (Å²) < 4.78 is 0. The molecule has 0 aromatic heterocycles. The molecule has 0 aromatic rings. The highest BCUT2D eigenvalue weighted by molar-refractivity contribution is 5.03. The molecule has 2 saturated carbocycles. The van der Waals surface area contributed by atoms with Crippen LogP contribution in [0.3, 0.4) is 0 Å². The van der Waals surface area contributed by atoms with E-state index in [1.54, 1.807) is 0 Å². The van der Waals surface area contributed by atoms with Crippen LogP contribution in [0.15, 0.2) is 0 Å². The van der Waals surface area contributed by atoms with Crippen molar-refractivity contribution in [1.29, 1.82) is 0 Å². The average Bonchev–Trinajstić information content (AvgIpc) is 2.49.